The van der Waals surface area contributed by atoms with Crippen LogP contribution < -0.4 is 4.90 Å². The Hall–Kier alpha value is -1.16. The van der Waals surface area contributed by atoms with Gasteiger partial charge in [-0.2, -0.15) is 0 Å². The third kappa shape index (κ3) is 2.50. The van der Waals surface area contributed by atoms with Crippen molar-refractivity contribution in [3.05, 3.63) is 18.2 Å². The molecule has 1 aliphatic rings. The summed E-state index contributed by atoms with van der Waals surface area (Å²) in [4.78, 5) is 11.1. The molecule has 0 amide bonds. The van der Waals surface area contributed by atoms with E-state index in [0.29, 0.717) is 0 Å². The van der Waals surface area contributed by atoms with Crippen LogP contribution in [0.3, 0.4) is 0 Å². The molecule has 2 rings (SSSR count). The number of rotatable bonds is 1. The molecule has 0 aromatic carbocycles. The molecule has 1 aliphatic heterocycles. The zero-order chi connectivity index (χ0) is 11.6. The number of hydrogen-bond acceptors (Lipinski definition) is 4. The third-order valence-electron chi connectivity index (χ3n) is 2.69. The second kappa shape index (κ2) is 4.37. The molecule has 1 fully saturated rings. The van der Waals surface area contributed by atoms with Gasteiger partial charge in [0, 0.05) is 18.5 Å². The van der Waals surface area contributed by atoms with Gasteiger partial charge in [0.15, 0.2) is 0 Å². The molecule has 4 nitrogen and oxygen atoms in total. The monoisotopic (exact) mass is 221 g/mol. The third-order valence-corrected chi connectivity index (χ3v) is 2.69. The van der Waals surface area contributed by atoms with Gasteiger partial charge in [-0.3, -0.25) is 0 Å². The molecular formula is C12H19N3O. The van der Waals surface area contributed by atoms with E-state index < -0.39 is 0 Å². The van der Waals surface area contributed by atoms with Crippen molar-refractivity contribution < 1.29 is 4.74 Å². The van der Waals surface area contributed by atoms with Gasteiger partial charge in [0.05, 0.1) is 31.3 Å². The van der Waals surface area contributed by atoms with Crippen LogP contribution in [0.4, 0.5) is 5.69 Å². The molecule has 0 spiro atoms. The van der Waals surface area contributed by atoms with Crippen LogP contribution in [0.25, 0.3) is 0 Å². The van der Waals surface area contributed by atoms with Gasteiger partial charge in [-0.05, 0) is 0 Å². The van der Waals surface area contributed by atoms with E-state index in [9.17, 15) is 0 Å². The maximum absolute atomic E-state index is 5.32. The molecule has 1 aromatic heterocycles. The number of hydrogen-bond donors (Lipinski definition) is 0. The zero-order valence-electron chi connectivity index (χ0n) is 10.2. The Morgan fingerprint density at radius 2 is 1.69 bits per heavy atom. The number of ether oxygens (including phenoxy) is 1. The van der Waals surface area contributed by atoms with E-state index in [1.54, 1.807) is 0 Å². The van der Waals surface area contributed by atoms with Crippen LogP contribution in [0, 0.1) is 0 Å². The highest BCUT2D eigenvalue weighted by atomic mass is 16.5. The first-order valence-electron chi connectivity index (χ1n) is 5.72. The number of aromatic nitrogens is 2. The molecule has 1 saturated heterocycles. The number of nitrogens with zero attached hydrogens (tertiary/aromatic N) is 3. The summed E-state index contributed by atoms with van der Waals surface area (Å²) in [5.74, 6) is 0.893. The molecule has 1 aromatic rings. The summed E-state index contributed by atoms with van der Waals surface area (Å²) in [7, 11) is 0. The molecular weight excluding hydrogens is 202 g/mol. The molecule has 0 atom stereocenters. The van der Waals surface area contributed by atoms with E-state index in [4.69, 9.17) is 4.74 Å². The van der Waals surface area contributed by atoms with Crippen molar-refractivity contribution in [1.29, 1.82) is 0 Å². The van der Waals surface area contributed by atoms with Crippen LogP contribution >= 0.6 is 0 Å². The van der Waals surface area contributed by atoms with E-state index in [2.05, 4.69) is 35.6 Å². The maximum atomic E-state index is 5.32. The Labute approximate surface area is 96.7 Å². The van der Waals surface area contributed by atoms with Gasteiger partial charge in [-0.1, -0.05) is 20.8 Å². The van der Waals surface area contributed by atoms with Crippen LogP contribution in [0.2, 0.25) is 0 Å². The molecule has 0 N–H and O–H groups in total. The minimum atomic E-state index is 0.0174. The van der Waals surface area contributed by atoms with Crippen molar-refractivity contribution in [2.75, 3.05) is 31.2 Å². The highest BCUT2D eigenvalue weighted by Gasteiger charge is 2.18. The summed E-state index contributed by atoms with van der Waals surface area (Å²) >= 11 is 0. The quantitative estimate of drug-likeness (QED) is 0.722. The van der Waals surface area contributed by atoms with E-state index in [-0.39, 0.29) is 5.41 Å². The lowest BCUT2D eigenvalue weighted by molar-refractivity contribution is 0.122. The van der Waals surface area contributed by atoms with Crippen LogP contribution in [0.5, 0.6) is 0 Å². The number of anilines is 1. The predicted octanol–water partition coefficient (Wildman–Crippen LogP) is 1.61. The summed E-state index contributed by atoms with van der Waals surface area (Å²) in [6, 6.07) is 0. The fraction of sp³-hybridized carbons (Fsp3) is 0.667. The fourth-order valence-corrected chi connectivity index (χ4v) is 1.69. The Bertz CT molecular complexity index is 336. The zero-order valence-corrected chi connectivity index (χ0v) is 10.2. The van der Waals surface area contributed by atoms with Crippen molar-refractivity contribution in [1.82, 2.24) is 9.97 Å². The maximum Gasteiger partial charge on any atom is 0.133 e. The summed E-state index contributed by atoms with van der Waals surface area (Å²) in [6.45, 7) is 9.81. The fourth-order valence-electron chi connectivity index (χ4n) is 1.69. The highest BCUT2D eigenvalue weighted by molar-refractivity contribution is 5.42. The van der Waals surface area contributed by atoms with Gasteiger partial charge in [-0.15, -0.1) is 0 Å². The molecule has 4 heteroatoms. The van der Waals surface area contributed by atoms with Crippen molar-refractivity contribution >= 4 is 5.69 Å². The first kappa shape index (κ1) is 11.3. The Morgan fingerprint density at radius 1 is 1.12 bits per heavy atom. The van der Waals surface area contributed by atoms with Gasteiger partial charge in [0.25, 0.3) is 0 Å². The first-order chi connectivity index (χ1) is 7.57. The number of morpholine rings is 1. The van der Waals surface area contributed by atoms with Crippen molar-refractivity contribution in [3.63, 3.8) is 0 Å². The minimum absolute atomic E-state index is 0.0174. The SMILES string of the molecule is CC(C)(C)c1ncc(N2CCOCC2)cn1. The topological polar surface area (TPSA) is 38.2 Å². The van der Waals surface area contributed by atoms with Gasteiger partial charge < -0.3 is 9.64 Å². The second-order valence-corrected chi connectivity index (χ2v) is 5.11. The lowest BCUT2D eigenvalue weighted by Gasteiger charge is -2.28. The first-order valence-corrected chi connectivity index (χ1v) is 5.72. The Balaban J connectivity index is 2.12. The van der Waals surface area contributed by atoms with Gasteiger partial charge in [0.2, 0.25) is 0 Å². The molecule has 16 heavy (non-hydrogen) atoms. The van der Waals surface area contributed by atoms with Crippen LogP contribution in [-0.4, -0.2) is 36.3 Å². The smallest absolute Gasteiger partial charge is 0.133 e. The van der Waals surface area contributed by atoms with Crippen LogP contribution in [-0.2, 0) is 10.2 Å². The lowest BCUT2D eigenvalue weighted by atomic mass is 9.96. The lowest BCUT2D eigenvalue weighted by Crippen LogP contribution is -2.36. The molecule has 88 valence electrons. The molecule has 0 radical (unpaired) electrons. The average Bonchev–Trinajstić information content (AvgIpc) is 2.29. The highest BCUT2D eigenvalue weighted by Crippen LogP contribution is 2.20. The van der Waals surface area contributed by atoms with E-state index in [0.717, 1.165) is 37.8 Å². The Morgan fingerprint density at radius 3 is 2.19 bits per heavy atom. The van der Waals surface area contributed by atoms with Gasteiger partial charge in [0.1, 0.15) is 5.82 Å². The molecule has 0 unspecified atom stereocenters. The normalized spacial score (nSPS) is 17.6. The van der Waals surface area contributed by atoms with E-state index in [1.807, 2.05) is 12.4 Å². The second-order valence-electron chi connectivity index (χ2n) is 5.11. The van der Waals surface area contributed by atoms with E-state index >= 15 is 0 Å². The standard InChI is InChI=1S/C12H19N3O/c1-12(2,3)11-13-8-10(9-14-11)15-4-6-16-7-5-15/h8-9H,4-7H2,1-3H3. The predicted molar refractivity (Wildman–Crippen MR) is 63.8 cm³/mol. The van der Waals surface area contributed by atoms with Crippen molar-refractivity contribution in [2.24, 2.45) is 0 Å². The summed E-state index contributed by atoms with van der Waals surface area (Å²) in [5.41, 5.74) is 1.11. The average molecular weight is 221 g/mol. The van der Waals surface area contributed by atoms with Gasteiger partial charge >= 0.3 is 0 Å². The van der Waals surface area contributed by atoms with Crippen molar-refractivity contribution in [3.8, 4) is 0 Å². The Kier molecular flexibility index (Phi) is 3.10. The molecule has 0 aliphatic carbocycles. The van der Waals surface area contributed by atoms with Crippen LogP contribution in [0.15, 0.2) is 12.4 Å². The van der Waals surface area contributed by atoms with Crippen molar-refractivity contribution in [2.45, 2.75) is 26.2 Å². The largest absolute Gasteiger partial charge is 0.378 e. The molecule has 0 bridgehead atoms. The summed E-state index contributed by atoms with van der Waals surface area (Å²) in [5, 5.41) is 0. The molecule has 0 saturated carbocycles. The minimum Gasteiger partial charge on any atom is -0.378 e. The summed E-state index contributed by atoms with van der Waals surface area (Å²) in [6.07, 6.45) is 3.83. The van der Waals surface area contributed by atoms with Crippen LogP contribution in [0.1, 0.15) is 26.6 Å². The molecule has 2 heterocycles. The summed E-state index contributed by atoms with van der Waals surface area (Å²) < 4.78 is 5.32. The van der Waals surface area contributed by atoms with Gasteiger partial charge in [-0.25, -0.2) is 9.97 Å². The van der Waals surface area contributed by atoms with E-state index in [1.165, 1.54) is 0 Å².